The van der Waals surface area contributed by atoms with E-state index in [1.807, 2.05) is 16.8 Å². The summed E-state index contributed by atoms with van der Waals surface area (Å²) in [7, 11) is -9.67. The van der Waals surface area contributed by atoms with E-state index in [1.54, 1.807) is 11.3 Å². The van der Waals surface area contributed by atoms with Crippen LogP contribution in [0.1, 0.15) is 5.56 Å². The Morgan fingerprint density at radius 2 is 1.71 bits per heavy atom. The minimum atomic E-state index is -5.84. The molecule has 0 aliphatic heterocycles. The molecule has 0 aromatic carbocycles. The van der Waals surface area contributed by atoms with E-state index in [-0.39, 0.29) is 12.3 Å². The second-order valence-corrected chi connectivity index (χ2v) is 7.28. The molecule has 0 fully saturated rings. The van der Waals surface area contributed by atoms with E-state index in [1.165, 1.54) is 0 Å². The summed E-state index contributed by atoms with van der Waals surface area (Å²) in [6, 6.07) is 1.96. The lowest BCUT2D eigenvalue weighted by Gasteiger charge is -2.00. The molecule has 124 valence electrons. The molecular weight excluding hydrogens is 359 g/mol. The van der Waals surface area contributed by atoms with Gasteiger partial charge in [0, 0.05) is 13.1 Å². The lowest BCUT2D eigenvalue weighted by Crippen LogP contribution is -2.21. The predicted molar refractivity (Wildman–Crippen MR) is 70.0 cm³/mol. The van der Waals surface area contributed by atoms with Crippen molar-refractivity contribution in [3.8, 4) is 0 Å². The summed E-state index contributed by atoms with van der Waals surface area (Å²) in [5, 5.41) is 6.86. The summed E-state index contributed by atoms with van der Waals surface area (Å²) in [6.07, 6.45) is 0. The first kappa shape index (κ1) is 20.3. The quantitative estimate of drug-likeness (QED) is 0.403. The molecule has 1 heterocycles. The SMILES string of the molecule is O=S(=O)(O)C(F)(F)F.O=S(=O)(O)CCNCc1ccsc1. The first-order valence-electron chi connectivity index (χ1n) is 5.03. The van der Waals surface area contributed by atoms with Gasteiger partial charge in [-0.25, -0.2) is 0 Å². The van der Waals surface area contributed by atoms with E-state index in [0.29, 0.717) is 6.54 Å². The minimum absolute atomic E-state index is 0.239. The van der Waals surface area contributed by atoms with Crippen LogP contribution in [0.15, 0.2) is 16.8 Å². The third-order valence-corrected chi connectivity index (χ3v) is 3.78. The lowest BCUT2D eigenvalue weighted by atomic mass is 10.3. The van der Waals surface area contributed by atoms with Crippen molar-refractivity contribution in [2.24, 2.45) is 0 Å². The monoisotopic (exact) mass is 371 g/mol. The number of rotatable bonds is 5. The van der Waals surface area contributed by atoms with Crippen LogP contribution in [0.2, 0.25) is 0 Å². The number of nitrogens with one attached hydrogen (secondary N) is 1. The van der Waals surface area contributed by atoms with E-state index < -0.39 is 25.7 Å². The maximum Gasteiger partial charge on any atom is 0.522 e. The normalized spacial score (nSPS) is 12.6. The van der Waals surface area contributed by atoms with Crippen LogP contribution >= 0.6 is 11.3 Å². The number of thiophene rings is 1. The largest absolute Gasteiger partial charge is 0.522 e. The Bertz CT molecular complexity index is 608. The van der Waals surface area contributed by atoms with Crippen LogP contribution in [0.4, 0.5) is 13.2 Å². The molecule has 0 aliphatic carbocycles. The maximum absolute atomic E-state index is 10.7. The molecule has 3 N–H and O–H groups in total. The Kier molecular flexibility index (Phi) is 7.77. The molecule has 1 rings (SSSR count). The topological polar surface area (TPSA) is 121 Å². The molecule has 0 unspecified atom stereocenters. The number of hydrogen-bond donors (Lipinski definition) is 3. The summed E-state index contributed by atoms with van der Waals surface area (Å²) < 4.78 is 86.6. The molecule has 0 saturated heterocycles. The number of alkyl halides is 3. The van der Waals surface area contributed by atoms with Gasteiger partial charge in [0.15, 0.2) is 0 Å². The van der Waals surface area contributed by atoms with Crippen molar-refractivity contribution in [2.45, 2.75) is 12.1 Å². The average Bonchev–Trinajstić information content (AvgIpc) is 2.74. The second kappa shape index (κ2) is 8.05. The Labute approximate surface area is 123 Å². The first-order chi connectivity index (χ1) is 9.33. The molecule has 1 aromatic heterocycles. The fourth-order valence-corrected chi connectivity index (χ4v) is 1.90. The van der Waals surface area contributed by atoms with Crippen LogP contribution in [-0.4, -0.2) is 43.7 Å². The Balaban J connectivity index is 0.000000433. The van der Waals surface area contributed by atoms with Gasteiger partial charge in [0.2, 0.25) is 0 Å². The number of hydrogen-bond acceptors (Lipinski definition) is 6. The van der Waals surface area contributed by atoms with Crippen molar-refractivity contribution >= 4 is 31.6 Å². The van der Waals surface area contributed by atoms with E-state index in [0.717, 1.165) is 5.56 Å². The summed E-state index contributed by atoms with van der Waals surface area (Å²) in [4.78, 5) is 0. The van der Waals surface area contributed by atoms with Gasteiger partial charge in [-0.2, -0.15) is 41.3 Å². The van der Waals surface area contributed by atoms with Gasteiger partial charge in [-0.3, -0.25) is 9.11 Å². The highest BCUT2D eigenvalue weighted by Gasteiger charge is 2.44. The highest BCUT2D eigenvalue weighted by Crippen LogP contribution is 2.20. The van der Waals surface area contributed by atoms with E-state index in [9.17, 15) is 21.6 Å². The molecule has 0 saturated carbocycles. The van der Waals surface area contributed by atoms with Gasteiger partial charge in [0.05, 0.1) is 5.75 Å². The summed E-state index contributed by atoms with van der Waals surface area (Å²) in [5.41, 5.74) is -4.41. The highest BCUT2D eigenvalue weighted by molar-refractivity contribution is 7.86. The van der Waals surface area contributed by atoms with E-state index in [2.05, 4.69) is 5.32 Å². The molecule has 0 atom stereocenters. The molecule has 7 nitrogen and oxygen atoms in total. The Morgan fingerprint density at radius 1 is 1.19 bits per heavy atom. The standard InChI is InChI=1S/C7H11NO3S2.CHF3O3S/c9-13(10,11)4-2-8-5-7-1-3-12-6-7;2-1(3,4)8(5,6)7/h1,3,6,8H,2,4-5H2,(H,9,10,11);(H,5,6,7). The zero-order chi connectivity index (χ0) is 16.7. The molecule has 0 aliphatic rings. The van der Waals surface area contributed by atoms with Crippen LogP contribution in [0.3, 0.4) is 0 Å². The zero-order valence-electron chi connectivity index (χ0n) is 10.2. The van der Waals surface area contributed by atoms with Crippen LogP contribution in [0.5, 0.6) is 0 Å². The van der Waals surface area contributed by atoms with Crippen molar-refractivity contribution in [1.82, 2.24) is 5.32 Å². The Hall–Kier alpha value is -0.730. The van der Waals surface area contributed by atoms with Crippen molar-refractivity contribution in [3.63, 3.8) is 0 Å². The highest BCUT2D eigenvalue weighted by atomic mass is 32.2. The summed E-state index contributed by atoms with van der Waals surface area (Å²) in [6.45, 7) is 0.910. The molecule has 1 aromatic rings. The fraction of sp³-hybridized carbons (Fsp3) is 0.500. The molecule has 0 bridgehead atoms. The average molecular weight is 371 g/mol. The minimum Gasteiger partial charge on any atom is -0.312 e. The molecule has 21 heavy (non-hydrogen) atoms. The predicted octanol–water partition coefficient (Wildman–Crippen LogP) is 1.12. The third kappa shape index (κ3) is 10.6. The molecule has 0 amide bonds. The van der Waals surface area contributed by atoms with Crippen molar-refractivity contribution < 1.29 is 39.1 Å². The number of halogens is 3. The molecular formula is C8H12F3NO6S3. The van der Waals surface area contributed by atoms with Crippen molar-refractivity contribution in [3.05, 3.63) is 22.4 Å². The van der Waals surface area contributed by atoms with Gasteiger partial charge in [0.25, 0.3) is 10.1 Å². The van der Waals surface area contributed by atoms with Crippen LogP contribution in [0.25, 0.3) is 0 Å². The maximum atomic E-state index is 10.7. The van der Waals surface area contributed by atoms with Gasteiger partial charge in [0.1, 0.15) is 0 Å². The van der Waals surface area contributed by atoms with Gasteiger partial charge in [-0.15, -0.1) is 0 Å². The lowest BCUT2D eigenvalue weighted by molar-refractivity contribution is -0.0510. The van der Waals surface area contributed by atoms with Crippen molar-refractivity contribution in [1.29, 1.82) is 0 Å². The van der Waals surface area contributed by atoms with Crippen molar-refractivity contribution in [2.75, 3.05) is 12.3 Å². The van der Waals surface area contributed by atoms with E-state index >= 15 is 0 Å². The first-order valence-corrected chi connectivity index (χ1v) is 9.03. The smallest absolute Gasteiger partial charge is 0.312 e. The second-order valence-electron chi connectivity index (χ2n) is 3.52. The van der Waals surface area contributed by atoms with E-state index in [4.69, 9.17) is 17.5 Å². The zero-order valence-corrected chi connectivity index (χ0v) is 12.7. The summed E-state index contributed by atoms with van der Waals surface area (Å²) in [5.74, 6) is -0.239. The van der Waals surface area contributed by atoms with Crippen LogP contribution < -0.4 is 5.32 Å². The Morgan fingerprint density at radius 3 is 2.05 bits per heavy atom. The summed E-state index contributed by atoms with van der Waals surface area (Å²) >= 11 is 1.60. The van der Waals surface area contributed by atoms with Gasteiger partial charge >= 0.3 is 15.6 Å². The molecule has 13 heteroatoms. The van der Waals surface area contributed by atoms with Crippen LogP contribution in [-0.2, 0) is 26.8 Å². The third-order valence-electron chi connectivity index (χ3n) is 1.74. The fourth-order valence-electron chi connectivity index (χ4n) is 0.827. The molecule has 0 radical (unpaired) electrons. The van der Waals surface area contributed by atoms with Gasteiger partial charge < -0.3 is 5.32 Å². The molecule has 0 spiro atoms. The van der Waals surface area contributed by atoms with Crippen LogP contribution in [0, 0.1) is 0 Å². The van der Waals surface area contributed by atoms with Gasteiger partial charge in [-0.1, -0.05) is 0 Å². The van der Waals surface area contributed by atoms with Gasteiger partial charge in [-0.05, 0) is 22.4 Å².